The van der Waals surface area contributed by atoms with Gasteiger partial charge in [-0.25, -0.2) is 18.2 Å². The number of nitrogens with one attached hydrogen (secondary N) is 1. The quantitative estimate of drug-likeness (QED) is 0.836. The molecular weight excluding hydrogens is 284 g/mol. The summed E-state index contributed by atoms with van der Waals surface area (Å²) in [4.78, 5) is 17.3. The molecule has 0 saturated carbocycles. The average Bonchev–Trinajstić information content (AvgIpc) is 3.07. The maximum Gasteiger partial charge on any atom is 0.352 e. The van der Waals surface area contributed by atoms with Crippen LogP contribution in [0.5, 0.6) is 0 Å². The summed E-state index contributed by atoms with van der Waals surface area (Å²) < 4.78 is 28.1. The number of hydrogen-bond donors (Lipinski definition) is 2. The highest BCUT2D eigenvalue weighted by Crippen LogP contribution is 2.21. The predicted octanol–water partition coefficient (Wildman–Crippen LogP) is 0.114. The van der Waals surface area contributed by atoms with E-state index in [4.69, 9.17) is 5.11 Å². The van der Waals surface area contributed by atoms with Crippen molar-refractivity contribution in [3.8, 4) is 0 Å². The third-order valence-corrected chi connectivity index (χ3v) is 5.06. The fourth-order valence-electron chi connectivity index (χ4n) is 2.15. The summed E-state index contributed by atoms with van der Waals surface area (Å²) in [6.45, 7) is 1.05. The minimum atomic E-state index is -3.71. The molecule has 0 radical (unpaired) electrons. The number of nitrogens with zero attached hydrogens (tertiary/aromatic N) is 3. The number of aromatic carboxylic acids is 1. The van der Waals surface area contributed by atoms with Crippen LogP contribution in [0.4, 0.5) is 0 Å². The van der Waals surface area contributed by atoms with Gasteiger partial charge in [-0.15, -0.1) is 0 Å². The number of rotatable bonds is 3. The van der Waals surface area contributed by atoms with E-state index in [0.717, 1.165) is 6.07 Å². The lowest BCUT2D eigenvalue weighted by Gasteiger charge is -2.26. The van der Waals surface area contributed by atoms with Gasteiger partial charge in [-0.2, -0.15) is 4.31 Å². The molecule has 20 heavy (non-hydrogen) atoms. The first-order chi connectivity index (χ1) is 9.48. The molecule has 0 spiro atoms. The number of imidazole rings is 1. The van der Waals surface area contributed by atoms with Crippen molar-refractivity contribution >= 4 is 16.0 Å². The van der Waals surface area contributed by atoms with Crippen molar-refractivity contribution in [1.82, 2.24) is 18.8 Å². The number of aromatic amines is 1. The van der Waals surface area contributed by atoms with Crippen LogP contribution in [-0.2, 0) is 23.1 Å². The Balaban J connectivity index is 1.90. The molecule has 3 heterocycles. The third kappa shape index (κ3) is 2.00. The number of hydrogen-bond acceptors (Lipinski definition) is 4. The number of carboxylic acids is 1. The van der Waals surface area contributed by atoms with E-state index in [1.165, 1.54) is 10.5 Å². The Morgan fingerprint density at radius 2 is 2.20 bits per heavy atom. The lowest BCUT2D eigenvalue weighted by Crippen LogP contribution is -2.38. The molecule has 106 valence electrons. The zero-order valence-corrected chi connectivity index (χ0v) is 11.2. The van der Waals surface area contributed by atoms with Gasteiger partial charge in [0.05, 0.1) is 6.54 Å². The Hall–Kier alpha value is -2.13. The Bertz CT molecular complexity index is 761. The Morgan fingerprint density at radius 3 is 2.90 bits per heavy atom. The molecule has 1 aliphatic rings. The fourth-order valence-corrected chi connectivity index (χ4v) is 3.53. The van der Waals surface area contributed by atoms with Crippen LogP contribution in [0.1, 0.15) is 16.3 Å². The van der Waals surface area contributed by atoms with Gasteiger partial charge < -0.3 is 14.7 Å². The predicted molar refractivity (Wildman–Crippen MR) is 67.6 cm³/mol. The van der Waals surface area contributed by atoms with Gasteiger partial charge >= 0.3 is 5.97 Å². The average molecular weight is 296 g/mol. The van der Waals surface area contributed by atoms with Crippen molar-refractivity contribution in [2.24, 2.45) is 0 Å². The minimum absolute atomic E-state index is 0.0464. The molecule has 0 saturated heterocycles. The molecule has 2 aromatic rings. The first-order valence-corrected chi connectivity index (χ1v) is 7.34. The Morgan fingerprint density at radius 1 is 1.40 bits per heavy atom. The smallest absolute Gasteiger partial charge is 0.352 e. The van der Waals surface area contributed by atoms with Crippen LogP contribution in [0.2, 0.25) is 0 Å². The van der Waals surface area contributed by atoms with E-state index in [9.17, 15) is 13.2 Å². The molecule has 2 aromatic heterocycles. The zero-order valence-electron chi connectivity index (χ0n) is 10.4. The first kappa shape index (κ1) is 12.9. The zero-order chi connectivity index (χ0) is 14.3. The topological polar surface area (TPSA) is 108 Å². The van der Waals surface area contributed by atoms with E-state index in [-0.39, 0.29) is 17.1 Å². The van der Waals surface area contributed by atoms with Crippen LogP contribution < -0.4 is 0 Å². The fraction of sp³-hybridized carbons (Fsp3) is 0.273. The highest BCUT2D eigenvalue weighted by molar-refractivity contribution is 7.89. The van der Waals surface area contributed by atoms with Crippen molar-refractivity contribution in [3.05, 3.63) is 36.2 Å². The minimum Gasteiger partial charge on any atom is -0.477 e. The summed E-state index contributed by atoms with van der Waals surface area (Å²) in [5.41, 5.74) is -0.151. The molecule has 0 amide bonds. The van der Waals surface area contributed by atoms with Gasteiger partial charge in [-0.1, -0.05) is 0 Å². The summed E-state index contributed by atoms with van der Waals surface area (Å²) in [5, 5.41) is 8.82. The maximum atomic E-state index is 12.4. The largest absolute Gasteiger partial charge is 0.477 e. The summed E-state index contributed by atoms with van der Waals surface area (Å²) in [5.74, 6) is -0.519. The second-order valence-corrected chi connectivity index (χ2v) is 6.37. The van der Waals surface area contributed by atoms with E-state index >= 15 is 0 Å². The van der Waals surface area contributed by atoms with Crippen LogP contribution in [-0.4, -0.2) is 44.9 Å². The van der Waals surface area contributed by atoms with Gasteiger partial charge in [-0.3, -0.25) is 0 Å². The van der Waals surface area contributed by atoms with Crippen molar-refractivity contribution in [3.63, 3.8) is 0 Å². The molecule has 0 bridgehead atoms. The molecule has 9 heteroatoms. The van der Waals surface area contributed by atoms with Gasteiger partial charge in [0.2, 0.25) is 10.0 Å². The van der Waals surface area contributed by atoms with Crippen LogP contribution in [0, 0.1) is 0 Å². The van der Waals surface area contributed by atoms with Gasteiger partial charge in [0, 0.05) is 31.7 Å². The number of fused-ring (bicyclic) bond motifs is 1. The van der Waals surface area contributed by atoms with Crippen molar-refractivity contribution in [2.75, 3.05) is 6.54 Å². The van der Waals surface area contributed by atoms with E-state index < -0.39 is 16.0 Å². The number of carbonyl (C=O) groups is 1. The molecule has 0 aromatic carbocycles. The summed E-state index contributed by atoms with van der Waals surface area (Å²) in [6.07, 6.45) is 4.63. The first-order valence-electron chi connectivity index (χ1n) is 5.90. The molecule has 1 aliphatic heterocycles. The normalized spacial score (nSPS) is 16.0. The van der Waals surface area contributed by atoms with Gasteiger partial charge in [-0.05, 0) is 6.07 Å². The van der Waals surface area contributed by atoms with E-state index in [0.29, 0.717) is 18.9 Å². The summed E-state index contributed by atoms with van der Waals surface area (Å²) in [6, 6.07) is 1.12. The Kier molecular flexibility index (Phi) is 2.87. The molecule has 0 fully saturated rings. The SMILES string of the molecule is O=C(O)c1cc(S(=O)(=O)N2CCn3ccnc3C2)c[nH]1. The highest BCUT2D eigenvalue weighted by Gasteiger charge is 2.30. The number of aromatic nitrogens is 3. The van der Waals surface area contributed by atoms with E-state index in [1.807, 2.05) is 4.57 Å². The van der Waals surface area contributed by atoms with Gasteiger partial charge in [0.15, 0.2) is 0 Å². The number of sulfonamides is 1. The highest BCUT2D eigenvalue weighted by atomic mass is 32.2. The van der Waals surface area contributed by atoms with Crippen molar-refractivity contribution in [1.29, 1.82) is 0 Å². The molecular formula is C11H12N4O4S. The lowest BCUT2D eigenvalue weighted by molar-refractivity contribution is 0.0691. The Labute approximate surface area is 114 Å². The number of carboxylic acid groups (broad SMARTS) is 1. The lowest BCUT2D eigenvalue weighted by atomic mass is 10.4. The summed E-state index contributed by atoms with van der Waals surface area (Å²) in [7, 11) is -3.71. The standard InChI is InChI=1S/C11H12N4O4S/c16-11(17)9-5-8(6-13-9)20(18,19)15-4-3-14-2-1-12-10(14)7-15/h1-2,5-6,13H,3-4,7H2,(H,16,17). The molecule has 8 nitrogen and oxygen atoms in total. The van der Waals surface area contributed by atoms with Crippen molar-refractivity contribution < 1.29 is 18.3 Å². The second kappa shape index (κ2) is 4.46. The van der Waals surface area contributed by atoms with Crippen LogP contribution in [0.25, 0.3) is 0 Å². The molecule has 0 unspecified atom stereocenters. The van der Waals surface area contributed by atoms with Crippen LogP contribution in [0.3, 0.4) is 0 Å². The van der Waals surface area contributed by atoms with Crippen LogP contribution >= 0.6 is 0 Å². The molecule has 2 N–H and O–H groups in total. The summed E-state index contributed by atoms with van der Waals surface area (Å²) >= 11 is 0. The van der Waals surface area contributed by atoms with Gasteiger partial charge in [0.1, 0.15) is 16.4 Å². The monoisotopic (exact) mass is 296 g/mol. The van der Waals surface area contributed by atoms with E-state index in [1.54, 1.807) is 12.4 Å². The third-order valence-electron chi connectivity index (χ3n) is 3.23. The van der Waals surface area contributed by atoms with Gasteiger partial charge in [0.25, 0.3) is 0 Å². The molecule has 3 rings (SSSR count). The van der Waals surface area contributed by atoms with E-state index in [2.05, 4.69) is 9.97 Å². The van der Waals surface area contributed by atoms with Crippen molar-refractivity contribution in [2.45, 2.75) is 18.0 Å². The molecule has 0 atom stereocenters. The molecule has 0 aliphatic carbocycles. The maximum absolute atomic E-state index is 12.4. The number of H-pyrrole nitrogens is 1. The second-order valence-electron chi connectivity index (χ2n) is 4.43. The van der Waals surface area contributed by atoms with Crippen LogP contribution in [0.15, 0.2) is 29.6 Å².